The van der Waals surface area contributed by atoms with Crippen LogP contribution in [0.5, 0.6) is 0 Å². The van der Waals surface area contributed by atoms with Crippen molar-refractivity contribution in [3.05, 3.63) is 192 Å². The average Bonchev–Trinajstić information content (AvgIpc) is 3.17. The Morgan fingerprint density at radius 1 is 0.269 bits per heavy atom. The lowest BCUT2D eigenvalue weighted by Gasteiger charge is -2.14. The van der Waals surface area contributed by atoms with Crippen LogP contribution < -0.4 is 0 Å². The zero-order valence-corrected chi connectivity index (χ0v) is 30.2. The van der Waals surface area contributed by atoms with Crippen molar-refractivity contribution >= 4 is 64.6 Å². The molecule has 0 atom stereocenters. The van der Waals surface area contributed by atoms with E-state index in [1.165, 1.54) is 109 Å². The minimum Gasteiger partial charge on any atom is -0.0616 e. The standard InChI is InChI=1S/C52H40/c1-33-17-19-35(3)49(29-33)41-25-27-43-39(31-41)23-21-37-11-5-6-12-38(37)22-24-40-32-42(50-30-34(2)18-20-36(50)4)26-28-44(40)52-47-15-9-7-13-45(47)51(43)46-14-8-10-16-48(46)52/h5-32H,1-4H3. The number of aryl methyl sites for hydroxylation is 4. The Morgan fingerprint density at radius 3 is 1.04 bits per heavy atom. The summed E-state index contributed by atoms with van der Waals surface area (Å²) in [7, 11) is 0. The van der Waals surface area contributed by atoms with Gasteiger partial charge < -0.3 is 0 Å². The summed E-state index contributed by atoms with van der Waals surface area (Å²) in [6, 6.07) is 63.6. The van der Waals surface area contributed by atoms with Gasteiger partial charge in [0.2, 0.25) is 0 Å². The summed E-state index contributed by atoms with van der Waals surface area (Å²) in [5, 5.41) is 14.9. The van der Waals surface area contributed by atoms with Crippen LogP contribution in [0.4, 0.5) is 0 Å². The summed E-state index contributed by atoms with van der Waals surface area (Å²) in [5.41, 5.74) is 10.1. The molecule has 52 heavy (non-hydrogen) atoms. The Bertz CT molecular complexity index is 2730. The molecular weight excluding hydrogens is 625 g/mol. The second kappa shape index (κ2) is 12.8. The highest BCUT2D eigenvalue weighted by atomic mass is 14.2. The van der Waals surface area contributed by atoms with Crippen LogP contribution in [-0.4, -0.2) is 0 Å². The molecule has 0 amide bonds. The third-order valence-corrected chi connectivity index (χ3v) is 10.9. The lowest BCUT2D eigenvalue weighted by molar-refractivity contribution is 1.39. The Kier molecular flexibility index (Phi) is 7.82. The molecule has 0 aliphatic heterocycles. The number of hydrogen-bond acceptors (Lipinski definition) is 0. The van der Waals surface area contributed by atoms with Crippen LogP contribution in [-0.2, 0) is 0 Å². The Morgan fingerprint density at radius 2 is 0.635 bits per heavy atom. The van der Waals surface area contributed by atoms with Gasteiger partial charge in [0.05, 0.1) is 0 Å². The van der Waals surface area contributed by atoms with Crippen molar-refractivity contribution < 1.29 is 0 Å². The Labute approximate surface area is 305 Å². The Balaban J connectivity index is 1.52. The molecule has 0 heteroatoms. The fourth-order valence-corrected chi connectivity index (χ4v) is 8.17. The van der Waals surface area contributed by atoms with Gasteiger partial charge in [0.25, 0.3) is 0 Å². The van der Waals surface area contributed by atoms with Crippen molar-refractivity contribution in [2.24, 2.45) is 0 Å². The van der Waals surface area contributed by atoms with Gasteiger partial charge in [-0.25, -0.2) is 0 Å². The van der Waals surface area contributed by atoms with E-state index in [9.17, 15) is 0 Å². The summed E-state index contributed by atoms with van der Waals surface area (Å²) in [6.45, 7) is 8.77. The molecule has 0 nitrogen and oxygen atoms in total. The molecule has 0 heterocycles. The van der Waals surface area contributed by atoms with Crippen LogP contribution in [0.25, 0.3) is 86.9 Å². The minimum absolute atomic E-state index is 1.19. The number of hydrogen-bond donors (Lipinski definition) is 0. The van der Waals surface area contributed by atoms with E-state index >= 15 is 0 Å². The van der Waals surface area contributed by atoms with Gasteiger partial charge >= 0.3 is 0 Å². The quantitative estimate of drug-likeness (QED) is 0.161. The third kappa shape index (κ3) is 5.49. The molecule has 2 bridgehead atoms. The maximum Gasteiger partial charge on any atom is -0.00203 e. The molecule has 0 unspecified atom stereocenters. The fourth-order valence-electron chi connectivity index (χ4n) is 8.17. The van der Waals surface area contributed by atoms with Gasteiger partial charge in [0, 0.05) is 0 Å². The van der Waals surface area contributed by atoms with Crippen LogP contribution in [0, 0.1) is 27.7 Å². The largest absolute Gasteiger partial charge is 0.0616 e. The summed E-state index contributed by atoms with van der Waals surface area (Å²) in [4.78, 5) is 0. The Hall–Kier alpha value is -6.24. The SMILES string of the molecule is Cc1ccc(C)c(-c2ccc3c(ccc4ccccc4ccc4cc(-c5cc(C)ccc5C)ccc4c4c5ccccc5c3c3ccccc34)c2)c1. The summed E-state index contributed by atoms with van der Waals surface area (Å²) < 4.78 is 0. The predicted molar refractivity (Wildman–Crippen MR) is 228 cm³/mol. The van der Waals surface area contributed by atoms with Gasteiger partial charge in [0.15, 0.2) is 0 Å². The zero-order chi connectivity index (χ0) is 35.3. The summed E-state index contributed by atoms with van der Waals surface area (Å²) in [6.07, 6.45) is 0. The smallest absolute Gasteiger partial charge is 0.00203 e. The van der Waals surface area contributed by atoms with Gasteiger partial charge in [0.1, 0.15) is 0 Å². The lowest BCUT2D eigenvalue weighted by atomic mass is 9.89. The van der Waals surface area contributed by atoms with Crippen LogP contribution in [0.3, 0.4) is 0 Å². The zero-order valence-electron chi connectivity index (χ0n) is 30.2. The molecule has 0 spiro atoms. The highest BCUT2D eigenvalue weighted by Crippen LogP contribution is 2.41. The van der Waals surface area contributed by atoms with Crippen LogP contribution in [0.1, 0.15) is 22.3 Å². The molecule has 10 rings (SSSR count). The molecule has 0 N–H and O–H groups in total. The topological polar surface area (TPSA) is 0 Å². The first-order chi connectivity index (χ1) is 25.4. The molecule has 0 saturated heterocycles. The first-order valence-corrected chi connectivity index (χ1v) is 18.3. The van der Waals surface area contributed by atoms with Gasteiger partial charge in [-0.05, 0) is 138 Å². The predicted octanol–water partition coefficient (Wildman–Crippen LogP) is 14.9. The highest BCUT2D eigenvalue weighted by molar-refractivity contribution is 6.34. The van der Waals surface area contributed by atoms with Gasteiger partial charge in [-0.3, -0.25) is 0 Å². The second-order valence-electron chi connectivity index (χ2n) is 14.4. The van der Waals surface area contributed by atoms with E-state index in [2.05, 4.69) is 198 Å². The molecular formula is C52H40. The molecule has 248 valence electrons. The number of benzene rings is 8. The van der Waals surface area contributed by atoms with Gasteiger partial charge in [-0.1, -0.05) is 169 Å². The molecule has 0 aliphatic rings. The monoisotopic (exact) mass is 664 g/mol. The molecule has 10 aromatic carbocycles. The van der Waals surface area contributed by atoms with Crippen LogP contribution in [0.2, 0.25) is 0 Å². The molecule has 0 aliphatic carbocycles. The van der Waals surface area contributed by atoms with E-state index in [0.717, 1.165) is 0 Å². The molecule has 10 aromatic rings. The van der Waals surface area contributed by atoms with Crippen molar-refractivity contribution in [1.82, 2.24) is 0 Å². The van der Waals surface area contributed by atoms with E-state index < -0.39 is 0 Å². The fraction of sp³-hybridized carbons (Fsp3) is 0.0769. The van der Waals surface area contributed by atoms with Gasteiger partial charge in [-0.15, -0.1) is 0 Å². The first kappa shape index (κ1) is 31.7. The third-order valence-electron chi connectivity index (χ3n) is 10.9. The first-order valence-electron chi connectivity index (χ1n) is 18.3. The molecule has 0 fully saturated rings. The maximum atomic E-state index is 2.39. The van der Waals surface area contributed by atoms with Crippen molar-refractivity contribution in [2.75, 3.05) is 0 Å². The molecule has 0 saturated carbocycles. The van der Waals surface area contributed by atoms with Gasteiger partial charge in [-0.2, -0.15) is 0 Å². The van der Waals surface area contributed by atoms with E-state index in [1.807, 2.05) is 0 Å². The summed E-state index contributed by atoms with van der Waals surface area (Å²) >= 11 is 0. The molecule has 0 radical (unpaired) electrons. The summed E-state index contributed by atoms with van der Waals surface area (Å²) in [5.74, 6) is 0. The minimum atomic E-state index is 1.19. The number of fused-ring (bicyclic) bond motifs is 2. The number of rotatable bonds is 2. The van der Waals surface area contributed by atoms with Crippen molar-refractivity contribution in [2.45, 2.75) is 27.7 Å². The van der Waals surface area contributed by atoms with Crippen molar-refractivity contribution in [3.8, 4) is 22.3 Å². The van der Waals surface area contributed by atoms with E-state index in [4.69, 9.17) is 0 Å². The van der Waals surface area contributed by atoms with Crippen molar-refractivity contribution in [3.63, 3.8) is 0 Å². The van der Waals surface area contributed by atoms with E-state index in [1.54, 1.807) is 0 Å². The maximum absolute atomic E-state index is 2.39. The van der Waals surface area contributed by atoms with E-state index in [-0.39, 0.29) is 0 Å². The molecule has 0 aromatic heterocycles. The highest BCUT2D eigenvalue weighted by Gasteiger charge is 2.13. The lowest BCUT2D eigenvalue weighted by Crippen LogP contribution is -1.88. The van der Waals surface area contributed by atoms with Crippen LogP contribution in [0.15, 0.2) is 170 Å². The van der Waals surface area contributed by atoms with Crippen molar-refractivity contribution in [1.29, 1.82) is 0 Å². The second-order valence-corrected chi connectivity index (χ2v) is 14.4. The average molecular weight is 665 g/mol. The van der Waals surface area contributed by atoms with Crippen LogP contribution >= 0.6 is 0 Å². The van der Waals surface area contributed by atoms with E-state index in [0.29, 0.717) is 0 Å². The normalized spacial score (nSPS) is 11.5.